The van der Waals surface area contributed by atoms with Gasteiger partial charge in [0.05, 0.1) is 36.2 Å². The Morgan fingerprint density at radius 3 is 2.47 bits per heavy atom. The number of fused-ring (bicyclic) bond motifs is 3. The van der Waals surface area contributed by atoms with Gasteiger partial charge in [-0.2, -0.15) is 0 Å². The SMILES string of the molecule is C=C[C@@H]1C[C@]1(NC(=O)[C@@H]1C[C@@H]2CN1C(=O)[C@H](C1CCCCC1)NCCCC(C)(C)CCCc1cc3c(cc(-c4ccccc4)nc3cc1OC)O2)C(=O)NS(=O)(=O)C1CC1. The van der Waals surface area contributed by atoms with Crippen LogP contribution in [0, 0.1) is 17.3 Å². The molecule has 4 fully saturated rings. The summed E-state index contributed by atoms with van der Waals surface area (Å²) in [6, 6.07) is 14.5. The lowest BCUT2D eigenvalue weighted by Crippen LogP contribution is -2.59. The van der Waals surface area contributed by atoms with Gasteiger partial charge in [0.25, 0.3) is 5.91 Å². The fraction of sp³-hybridized carbons (Fsp3) is 0.574. The van der Waals surface area contributed by atoms with E-state index in [1.165, 1.54) is 0 Å². The molecule has 2 aliphatic heterocycles. The van der Waals surface area contributed by atoms with Crippen LogP contribution < -0.4 is 24.8 Å². The maximum Gasteiger partial charge on any atom is 0.259 e. The van der Waals surface area contributed by atoms with Gasteiger partial charge in [-0.05, 0) is 93.7 Å². The number of methoxy groups -OCH3 is 1. The predicted octanol–water partition coefficient (Wildman–Crippen LogP) is 6.61. The first-order valence-corrected chi connectivity index (χ1v) is 23.6. The molecule has 0 radical (unpaired) electrons. The Balaban J connectivity index is 1.18. The number of nitrogens with zero attached hydrogens (tertiary/aromatic N) is 2. The van der Waals surface area contributed by atoms with E-state index in [1.54, 1.807) is 18.1 Å². The lowest BCUT2D eigenvalue weighted by Gasteiger charge is -2.35. The Bertz CT molecular complexity index is 2220. The summed E-state index contributed by atoms with van der Waals surface area (Å²) in [5.74, 6) is -0.381. The molecule has 0 unspecified atom stereocenters. The topological polar surface area (TPSA) is 156 Å². The average molecular weight is 840 g/mol. The van der Waals surface area contributed by atoms with E-state index in [-0.39, 0.29) is 36.6 Å². The number of hydrogen-bond acceptors (Lipinski definition) is 9. The van der Waals surface area contributed by atoms with E-state index >= 15 is 4.79 Å². The number of nitrogens with one attached hydrogen (secondary N) is 3. The lowest BCUT2D eigenvalue weighted by atomic mass is 9.81. The van der Waals surface area contributed by atoms with Gasteiger partial charge >= 0.3 is 0 Å². The highest BCUT2D eigenvalue weighted by molar-refractivity contribution is 7.91. The third-order valence-corrected chi connectivity index (χ3v) is 15.5. The standard InChI is InChI=1S/C47H61N5O7S/c1-5-33-28-47(33,45(55)51-60(56,57)35-19-20-35)50-43(53)39-25-34-29-52(39)44(54)42(31-16-10-7-11-17-31)48-23-13-22-46(2,3)21-12-18-32-24-36-38(27-40(32)58-4)49-37(26-41(36)59-34)30-14-8-6-9-15-30/h5-6,8-9,14-15,24,26-27,31,33-35,39,42,48H,1,7,10-13,16-23,25,28-29H2,2-4H3,(H,50,53)(H,51,55)/t33-,34-,39+,42+,47-/m1/s1. The summed E-state index contributed by atoms with van der Waals surface area (Å²) in [6.45, 7) is 9.32. The molecule has 13 heteroatoms. The quantitative estimate of drug-likeness (QED) is 0.202. The summed E-state index contributed by atoms with van der Waals surface area (Å²) in [5.41, 5.74) is 2.01. The molecule has 5 aliphatic rings. The number of sulfonamides is 1. The number of benzene rings is 2. The van der Waals surface area contributed by atoms with E-state index in [4.69, 9.17) is 14.5 Å². The number of hydrogen-bond donors (Lipinski definition) is 3. The molecular formula is C47H61N5O7S. The highest BCUT2D eigenvalue weighted by atomic mass is 32.2. The van der Waals surface area contributed by atoms with E-state index in [1.807, 2.05) is 42.5 Å². The number of rotatable bonds is 9. The maximum atomic E-state index is 15.1. The summed E-state index contributed by atoms with van der Waals surface area (Å²) in [7, 11) is -2.18. The molecule has 0 spiro atoms. The van der Waals surface area contributed by atoms with Crippen molar-refractivity contribution in [2.75, 3.05) is 20.2 Å². The van der Waals surface area contributed by atoms with Gasteiger partial charge in [-0.1, -0.05) is 69.5 Å². The molecule has 3 N–H and O–H groups in total. The van der Waals surface area contributed by atoms with Crippen LogP contribution in [-0.2, 0) is 30.8 Å². The zero-order valence-corrected chi connectivity index (χ0v) is 36.2. The Morgan fingerprint density at radius 1 is 1.02 bits per heavy atom. The monoisotopic (exact) mass is 839 g/mol. The van der Waals surface area contributed by atoms with Crippen LogP contribution in [0.5, 0.6) is 11.5 Å². The van der Waals surface area contributed by atoms with Crippen LogP contribution in [0.15, 0.2) is 61.2 Å². The first kappa shape index (κ1) is 42.2. The minimum atomic E-state index is -3.87. The van der Waals surface area contributed by atoms with Crippen LogP contribution in [0.3, 0.4) is 0 Å². The number of carbonyl (C=O) groups excluding carboxylic acids is 3. The normalized spacial score (nSPS) is 27.6. The molecule has 3 aliphatic carbocycles. The number of aromatic nitrogens is 1. The molecule has 60 heavy (non-hydrogen) atoms. The minimum absolute atomic E-state index is 0.0830. The van der Waals surface area contributed by atoms with Crippen LogP contribution in [0.25, 0.3) is 22.2 Å². The summed E-state index contributed by atoms with van der Waals surface area (Å²) in [6.07, 6.45) is 12.2. The summed E-state index contributed by atoms with van der Waals surface area (Å²) < 4.78 is 41.0. The smallest absolute Gasteiger partial charge is 0.259 e. The molecule has 1 aromatic heterocycles. The number of aryl methyl sites for hydroxylation is 1. The number of carbonyl (C=O) groups is 3. The van der Waals surface area contributed by atoms with Gasteiger partial charge in [0, 0.05) is 35.4 Å². The molecule has 12 nitrogen and oxygen atoms in total. The van der Waals surface area contributed by atoms with Gasteiger partial charge in [0.2, 0.25) is 21.8 Å². The second kappa shape index (κ2) is 17.1. The maximum absolute atomic E-state index is 15.1. The molecule has 3 aromatic rings. The van der Waals surface area contributed by atoms with Crippen molar-refractivity contribution >= 4 is 38.6 Å². The van der Waals surface area contributed by atoms with Crippen molar-refractivity contribution < 1.29 is 32.3 Å². The number of amides is 3. The van der Waals surface area contributed by atoms with Crippen molar-refractivity contribution in [3.63, 3.8) is 0 Å². The van der Waals surface area contributed by atoms with Gasteiger partial charge in [-0.3, -0.25) is 19.1 Å². The second-order valence-corrected chi connectivity index (χ2v) is 20.6. The van der Waals surface area contributed by atoms with Crippen LogP contribution in [0.2, 0.25) is 0 Å². The Hall–Kier alpha value is -4.49. The van der Waals surface area contributed by atoms with Crippen molar-refractivity contribution in [3.8, 4) is 22.8 Å². The van der Waals surface area contributed by atoms with Crippen molar-refractivity contribution in [3.05, 3.63) is 66.7 Å². The first-order chi connectivity index (χ1) is 28.8. The molecule has 1 saturated heterocycles. The molecular weight excluding hydrogens is 779 g/mol. The summed E-state index contributed by atoms with van der Waals surface area (Å²) >= 11 is 0. The zero-order chi connectivity index (χ0) is 42.2. The predicted molar refractivity (Wildman–Crippen MR) is 232 cm³/mol. The molecule has 3 amide bonds. The van der Waals surface area contributed by atoms with Crippen molar-refractivity contribution in [2.24, 2.45) is 17.3 Å². The third-order valence-electron chi connectivity index (χ3n) is 13.7. The first-order valence-electron chi connectivity index (χ1n) is 22.1. The molecule has 5 atom stereocenters. The molecule has 3 heterocycles. The summed E-state index contributed by atoms with van der Waals surface area (Å²) in [4.78, 5) is 50.3. The van der Waals surface area contributed by atoms with Crippen molar-refractivity contribution in [1.29, 1.82) is 0 Å². The average Bonchev–Trinajstić information content (AvgIpc) is 4.17. The second-order valence-electron chi connectivity index (χ2n) is 18.7. The fourth-order valence-electron chi connectivity index (χ4n) is 9.89. The number of pyridine rings is 1. The minimum Gasteiger partial charge on any atom is -0.496 e. The van der Waals surface area contributed by atoms with E-state index in [0.717, 1.165) is 92.2 Å². The van der Waals surface area contributed by atoms with Crippen molar-refractivity contribution in [1.82, 2.24) is 25.2 Å². The largest absolute Gasteiger partial charge is 0.496 e. The van der Waals surface area contributed by atoms with Gasteiger partial charge in [-0.15, -0.1) is 6.58 Å². The summed E-state index contributed by atoms with van der Waals surface area (Å²) in [5, 5.41) is 6.87. The van der Waals surface area contributed by atoms with E-state index in [9.17, 15) is 18.0 Å². The molecule has 3 saturated carbocycles. The van der Waals surface area contributed by atoms with E-state index in [2.05, 4.69) is 41.8 Å². The van der Waals surface area contributed by atoms with Gasteiger partial charge in [0.1, 0.15) is 29.2 Å². The van der Waals surface area contributed by atoms with Crippen molar-refractivity contribution in [2.45, 2.75) is 133 Å². The van der Waals surface area contributed by atoms with Crippen LogP contribution in [0.1, 0.15) is 103 Å². The van der Waals surface area contributed by atoms with E-state index < -0.39 is 56.7 Å². The van der Waals surface area contributed by atoms with Gasteiger partial charge < -0.3 is 25.0 Å². The van der Waals surface area contributed by atoms with Gasteiger partial charge in [0.15, 0.2) is 0 Å². The third kappa shape index (κ3) is 8.93. The van der Waals surface area contributed by atoms with Crippen LogP contribution in [0.4, 0.5) is 0 Å². The van der Waals surface area contributed by atoms with E-state index in [0.29, 0.717) is 30.7 Å². The fourth-order valence-corrected chi connectivity index (χ4v) is 11.3. The highest BCUT2D eigenvalue weighted by Gasteiger charge is 2.62. The highest BCUT2D eigenvalue weighted by Crippen LogP contribution is 2.46. The molecule has 4 bridgehead atoms. The number of ether oxygens (including phenoxy) is 2. The zero-order valence-electron chi connectivity index (χ0n) is 35.3. The Morgan fingerprint density at radius 2 is 1.77 bits per heavy atom. The molecule has 2 aromatic carbocycles. The van der Waals surface area contributed by atoms with Crippen LogP contribution in [-0.4, -0.2) is 85.2 Å². The molecule has 322 valence electrons. The molecule has 8 rings (SSSR count). The Kier molecular flexibility index (Phi) is 12.0. The van der Waals surface area contributed by atoms with Gasteiger partial charge in [-0.25, -0.2) is 13.4 Å². The van der Waals surface area contributed by atoms with Crippen LogP contribution >= 0.6 is 0 Å². The Labute approximate surface area is 354 Å². The lowest BCUT2D eigenvalue weighted by molar-refractivity contribution is -0.142.